The molecule has 0 aromatic carbocycles. The zero-order chi connectivity index (χ0) is 13.5. The Morgan fingerprint density at radius 1 is 1.21 bits per heavy atom. The average Bonchev–Trinajstić information content (AvgIpc) is 2.46. The summed E-state index contributed by atoms with van der Waals surface area (Å²) in [4.78, 5) is 13.3. The molecule has 19 heavy (non-hydrogen) atoms. The van der Waals surface area contributed by atoms with Crippen LogP contribution in [0.2, 0.25) is 0 Å². The molecule has 0 aliphatic carbocycles. The maximum absolute atomic E-state index is 4.58. The Kier molecular flexibility index (Phi) is 4.84. The summed E-state index contributed by atoms with van der Waals surface area (Å²) in [5.41, 5.74) is 2.21. The molecule has 0 fully saturated rings. The minimum absolute atomic E-state index is 0.725. The molecular weight excluding hydrogens is 236 g/mol. The fourth-order valence-electron chi connectivity index (χ4n) is 1.84. The molecule has 2 aromatic heterocycles. The highest BCUT2D eigenvalue weighted by Gasteiger charge is 2.04. The van der Waals surface area contributed by atoms with E-state index in [1.165, 1.54) is 0 Å². The quantitative estimate of drug-likeness (QED) is 0.863. The summed E-state index contributed by atoms with van der Waals surface area (Å²) in [6.07, 6.45) is 6.37. The number of anilines is 1. The van der Waals surface area contributed by atoms with Crippen LogP contribution in [-0.2, 0) is 12.8 Å². The lowest BCUT2D eigenvalue weighted by Gasteiger charge is -2.08. The number of aryl methyl sites for hydroxylation is 1. The van der Waals surface area contributed by atoms with Gasteiger partial charge in [-0.2, -0.15) is 0 Å². The predicted octanol–water partition coefficient (Wildman–Crippen LogP) is 2.85. The van der Waals surface area contributed by atoms with E-state index in [4.69, 9.17) is 0 Å². The van der Waals surface area contributed by atoms with E-state index in [1.807, 2.05) is 24.4 Å². The molecule has 0 unspecified atom stereocenters. The topological polar surface area (TPSA) is 50.7 Å². The number of rotatable bonds is 6. The molecule has 0 bridgehead atoms. The third-order valence-electron chi connectivity index (χ3n) is 2.83. The van der Waals surface area contributed by atoms with Crippen molar-refractivity contribution < 1.29 is 0 Å². The molecule has 2 heterocycles. The van der Waals surface area contributed by atoms with Gasteiger partial charge in [0.2, 0.25) is 0 Å². The Hall–Kier alpha value is -1.97. The Morgan fingerprint density at radius 3 is 2.79 bits per heavy atom. The minimum Gasteiger partial charge on any atom is -0.370 e. The van der Waals surface area contributed by atoms with Gasteiger partial charge < -0.3 is 5.32 Å². The van der Waals surface area contributed by atoms with Gasteiger partial charge in [0, 0.05) is 37.1 Å². The summed E-state index contributed by atoms with van der Waals surface area (Å²) in [5, 5.41) is 3.33. The Balaban J connectivity index is 2.19. The minimum atomic E-state index is 0.725. The molecule has 0 amide bonds. The van der Waals surface area contributed by atoms with E-state index in [2.05, 4.69) is 34.1 Å². The summed E-state index contributed by atoms with van der Waals surface area (Å²) in [7, 11) is 0. The molecule has 0 saturated carbocycles. The van der Waals surface area contributed by atoms with E-state index >= 15 is 0 Å². The van der Waals surface area contributed by atoms with Crippen LogP contribution in [0.25, 0.3) is 0 Å². The van der Waals surface area contributed by atoms with E-state index in [1.54, 1.807) is 6.20 Å². The van der Waals surface area contributed by atoms with Gasteiger partial charge in [0.05, 0.1) is 0 Å². The molecule has 4 heteroatoms. The van der Waals surface area contributed by atoms with Gasteiger partial charge in [-0.3, -0.25) is 4.98 Å². The van der Waals surface area contributed by atoms with Crippen molar-refractivity contribution in [1.82, 2.24) is 15.0 Å². The van der Waals surface area contributed by atoms with Crippen LogP contribution in [0.4, 0.5) is 5.82 Å². The molecule has 2 aromatic rings. The molecular formula is C15H20N4. The van der Waals surface area contributed by atoms with Gasteiger partial charge in [-0.1, -0.05) is 19.9 Å². The molecule has 0 aliphatic rings. The first-order chi connectivity index (χ1) is 9.31. The van der Waals surface area contributed by atoms with Gasteiger partial charge in [-0.05, 0) is 24.5 Å². The van der Waals surface area contributed by atoms with E-state index in [0.29, 0.717) is 0 Å². The Labute approximate surface area is 114 Å². The van der Waals surface area contributed by atoms with E-state index in [0.717, 1.165) is 48.7 Å². The number of hydrogen-bond donors (Lipinski definition) is 1. The van der Waals surface area contributed by atoms with Crippen molar-refractivity contribution in [2.75, 3.05) is 11.9 Å². The van der Waals surface area contributed by atoms with Gasteiger partial charge in [0.15, 0.2) is 0 Å². The molecule has 0 spiro atoms. The molecule has 1 N–H and O–H groups in total. The molecule has 0 aliphatic heterocycles. The molecule has 2 rings (SSSR count). The van der Waals surface area contributed by atoms with E-state index < -0.39 is 0 Å². The van der Waals surface area contributed by atoms with Crippen LogP contribution in [0, 0.1) is 0 Å². The van der Waals surface area contributed by atoms with Crippen LogP contribution in [0.5, 0.6) is 0 Å². The van der Waals surface area contributed by atoms with Crippen LogP contribution < -0.4 is 5.32 Å². The van der Waals surface area contributed by atoms with Gasteiger partial charge in [0.1, 0.15) is 11.6 Å². The molecule has 0 atom stereocenters. The first-order valence-electron chi connectivity index (χ1n) is 6.81. The predicted molar refractivity (Wildman–Crippen MR) is 77.2 cm³/mol. The standard InChI is InChI=1S/C15H20N4/c1-3-7-17-14-10-13(4-2)18-15(19-14)9-12-6-5-8-16-11-12/h5-6,8,10-11H,3-4,7,9H2,1-2H3,(H,17,18,19). The number of pyridine rings is 1. The largest absolute Gasteiger partial charge is 0.370 e. The molecule has 4 nitrogen and oxygen atoms in total. The van der Waals surface area contributed by atoms with Crippen molar-refractivity contribution in [3.05, 3.63) is 47.7 Å². The second-order valence-electron chi connectivity index (χ2n) is 4.48. The van der Waals surface area contributed by atoms with E-state index in [9.17, 15) is 0 Å². The second-order valence-corrected chi connectivity index (χ2v) is 4.48. The highest BCUT2D eigenvalue weighted by atomic mass is 15.0. The van der Waals surface area contributed by atoms with Gasteiger partial charge in [-0.15, -0.1) is 0 Å². The number of aromatic nitrogens is 3. The first-order valence-corrected chi connectivity index (χ1v) is 6.81. The SMILES string of the molecule is CCCNc1cc(CC)nc(Cc2cccnc2)n1. The summed E-state index contributed by atoms with van der Waals surface area (Å²) >= 11 is 0. The van der Waals surface area contributed by atoms with Crippen LogP contribution >= 0.6 is 0 Å². The zero-order valence-electron chi connectivity index (χ0n) is 11.6. The monoisotopic (exact) mass is 256 g/mol. The van der Waals surface area contributed by atoms with Gasteiger partial charge in [-0.25, -0.2) is 9.97 Å². The lowest BCUT2D eigenvalue weighted by Crippen LogP contribution is -2.07. The Bertz CT molecular complexity index is 511. The average molecular weight is 256 g/mol. The third kappa shape index (κ3) is 4.02. The van der Waals surface area contributed by atoms with Crippen LogP contribution in [0.3, 0.4) is 0 Å². The highest BCUT2D eigenvalue weighted by molar-refractivity contribution is 5.36. The van der Waals surface area contributed by atoms with Crippen LogP contribution in [-0.4, -0.2) is 21.5 Å². The number of hydrogen-bond acceptors (Lipinski definition) is 4. The van der Waals surface area contributed by atoms with Crippen LogP contribution in [0.1, 0.15) is 37.4 Å². The highest BCUT2D eigenvalue weighted by Crippen LogP contribution is 2.11. The van der Waals surface area contributed by atoms with Gasteiger partial charge in [0.25, 0.3) is 0 Å². The van der Waals surface area contributed by atoms with Crippen molar-refractivity contribution in [2.24, 2.45) is 0 Å². The fraction of sp³-hybridized carbons (Fsp3) is 0.400. The summed E-state index contributed by atoms with van der Waals surface area (Å²) in [5.74, 6) is 1.78. The van der Waals surface area contributed by atoms with Crippen molar-refractivity contribution in [3.63, 3.8) is 0 Å². The smallest absolute Gasteiger partial charge is 0.135 e. The maximum Gasteiger partial charge on any atom is 0.135 e. The van der Waals surface area contributed by atoms with Crippen molar-refractivity contribution in [1.29, 1.82) is 0 Å². The number of nitrogens with one attached hydrogen (secondary N) is 1. The van der Waals surface area contributed by atoms with Crippen LogP contribution in [0.15, 0.2) is 30.6 Å². The molecule has 100 valence electrons. The lowest BCUT2D eigenvalue weighted by molar-refractivity contribution is 0.890. The third-order valence-corrected chi connectivity index (χ3v) is 2.83. The lowest BCUT2D eigenvalue weighted by atomic mass is 10.2. The maximum atomic E-state index is 4.58. The van der Waals surface area contributed by atoms with Crippen molar-refractivity contribution >= 4 is 5.82 Å². The van der Waals surface area contributed by atoms with Gasteiger partial charge >= 0.3 is 0 Å². The number of nitrogens with zero attached hydrogens (tertiary/aromatic N) is 3. The normalized spacial score (nSPS) is 10.4. The summed E-state index contributed by atoms with van der Waals surface area (Å²) in [6.45, 7) is 5.19. The second kappa shape index (κ2) is 6.83. The molecule has 0 radical (unpaired) electrons. The fourth-order valence-corrected chi connectivity index (χ4v) is 1.84. The summed E-state index contributed by atoms with van der Waals surface area (Å²) in [6, 6.07) is 6.02. The van der Waals surface area contributed by atoms with E-state index in [-0.39, 0.29) is 0 Å². The zero-order valence-corrected chi connectivity index (χ0v) is 11.6. The first kappa shape index (κ1) is 13.5. The molecule has 0 saturated heterocycles. The Morgan fingerprint density at radius 2 is 2.11 bits per heavy atom. The van der Waals surface area contributed by atoms with Crippen molar-refractivity contribution in [2.45, 2.75) is 33.1 Å². The van der Waals surface area contributed by atoms with Crippen molar-refractivity contribution in [3.8, 4) is 0 Å². The summed E-state index contributed by atoms with van der Waals surface area (Å²) < 4.78 is 0.